The second-order valence-corrected chi connectivity index (χ2v) is 11.5. The number of hydrogen-bond donors (Lipinski definition) is 2. The molecule has 2 amide bonds. The van der Waals surface area contributed by atoms with Gasteiger partial charge in [-0.15, -0.1) is 0 Å². The van der Waals surface area contributed by atoms with Crippen molar-refractivity contribution in [2.24, 2.45) is 5.10 Å². The topological polar surface area (TPSA) is 73.8 Å². The minimum absolute atomic E-state index is 0.00280. The monoisotopic (exact) mass is 682 g/mol. The molecule has 0 aliphatic carbocycles. The van der Waals surface area contributed by atoms with Crippen LogP contribution in [0, 0.1) is 10.5 Å². The Morgan fingerprint density at radius 1 is 1.07 bits per heavy atom. The Balaban J connectivity index is 1.65. The van der Waals surface area contributed by atoms with Crippen molar-refractivity contribution in [2.75, 3.05) is 12.4 Å². The van der Waals surface area contributed by atoms with Crippen LogP contribution in [0.4, 0.5) is 18.9 Å². The van der Waals surface area contributed by atoms with Crippen LogP contribution in [0.15, 0.2) is 65.8 Å². The van der Waals surface area contributed by atoms with Crippen molar-refractivity contribution in [3.63, 3.8) is 0 Å². The van der Waals surface area contributed by atoms with E-state index < -0.39 is 24.0 Å². The van der Waals surface area contributed by atoms with Crippen molar-refractivity contribution in [1.29, 1.82) is 0 Å². The standard InChI is InChI=1S/C29H27ClF3IN4O2/c1-16(2)35-27(40)25-21(6-5-7-22(25)34)26(39)36-23-13-10-19(14-17(23)3)28(29(31,32)33)15-24(37-38(28)4)18-8-11-20(30)12-9-18/h5-14,16H,15H2,1-4H3,(H,35,40)(H,36,39). The number of rotatable bonds is 6. The zero-order valence-electron chi connectivity index (χ0n) is 22.2. The zero-order valence-corrected chi connectivity index (χ0v) is 25.1. The molecule has 0 saturated heterocycles. The summed E-state index contributed by atoms with van der Waals surface area (Å²) in [5.74, 6) is -0.926. The normalized spacial score (nSPS) is 17.1. The fourth-order valence-electron chi connectivity index (χ4n) is 4.73. The molecule has 1 aliphatic rings. The first-order valence-electron chi connectivity index (χ1n) is 12.4. The molecule has 40 heavy (non-hydrogen) atoms. The lowest BCUT2D eigenvalue weighted by atomic mass is 9.82. The molecule has 0 bridgehead atoms. The van der Waals surface area contributed by atoms with E-state index in [0.717, 1.165) is 5.01 Å². The van der Waals surface area contributed by atoms with Crippen LogP contribution in [-0.4, -0.2) is 41.8 Å². The SMILES string of the molecule is Cc1cc(C2(C(F)(F)F)CC(c3ccc(Cl)cc3)=NN2C)ccc1NC(=O)c1cccc(I)c1C(=O)NC(C)C. The summed E-state index contributed by atoms with van der Waals surface area (Å²) >= 11 is 7.94. The fraction of sp³-hybridized carbons (Fsp3) is 0.276. The van der Waals surface area contributed by atoms with E-state index in [9.17, 15) is 22.8 Å². The molecule has 1 atom stereocenters. The first-order chi connectivity index (χ1) is 18.7. The van der Waals surface area contributed by atoms with Crippen molar-refractivity contribution in [3.05, 3.63) is 97.1 Å². The van der Waals surface area contributed by atoms with E-state index in [1.54, 1.807) is 43.3 Å². The summed E-state index contributed by atoms with van der Waals surface area (Å²) in [6.45, 7) is 5.26. The molecule has 3 aromatic rings. The summed E-state index contributed by atoms with van der Waals surface area (Å²) in [7, 11) is 1.31. The molecule has 0 aromatic heterocycles. The van der Waals surface area contributed by atoms with Crippen molar-refractivity contribution in [3.8, 4) is 0 Å². The summed E-state index contributed by atoms with van der Waals surface area (Å²) in [5, 5.41) is 11.2. The van der Waals surface area contributed by atoms with Crippen molar-refractivity contribution in [2.45, 2.75) is 44.9 Å². The number of carbonyl (C=O) groups excluding carboxylic acids is 2. The zero-order chi connectivity index (χ0) is 29.4. The Labute approximate surface area is 249 Å². The predicted molar refractivity (Wildman–Crippen MR) is 159 cm³/mol. The molecule has 11 heteroatoms. The van der Waals surface area contributed by atoms with Crippen molar-refractivity contribution in [1.82, 2.24) is 10.3 Å². The Morgan fingerprint density at radius 2 is 1.75 bits per heavy atom. The third kappa shape index (κ3) is 5.69. The molecular formula is C29H27ClF3IN4O2. The van der Waals surface area contributed by atoms with E-state index >= 15 is 0 Å². The maximum Gasteiger partial charge on any atom is 0.417 e. The molecule has 0 spiro atoms. The van der Waals surface area contributed by atoms with E-state index in [1.165, 1.54) is 31.3 Å². The third-order valence-electron chi connectivity index (χ3n) is 6.75. The quantitative estimate of drug-likeness (QED) is 0.272. The van der Waals surface area contributed by atoms with Gasteiger partial charge in [0.1, 0.15) is 0 Å². The largest absolute Gasteiger partial charge is 0.417 e. The van der Waals surface area contributed by atoms with Gasteiger partial charge in [-0.25, -0.2) is 0 Å². The van der Waals surface area contributed by atoms with E-state index in [1.807, 2.05) is 36.4 Å². The number of carbonyl (C=O) groups is 2. The molecule has 1 unspecified atom stereocenters. The highest BCUT2D eigenvalue weighted by Gasteiger charge is 2.62. The number of nitrogens with zero attached hydrogens (tertiary/aromatic N) is 2. The molecule has 210 valence electrons. The molecule has 1 aliphatic heterocycles. The number of halogens is 5. The van der Waals surface area contributed by atoms with Gasteiger partial charge in [-0.05, 0) is 90.4 Å². The smallest absolute Gasteiger partial charge is 0.350 e. The highest BCUT2D eigenvalue weighted by molar-refractivity contribution is 14.1. The van der Waals surface area contributed by atoms with Crippen LogP contribution in [0.5, 0.6) is 0 Å². The van der Waals surface area contributed by atoms with Gasteiger partial charge in [-0.3, -0.25) is 14.6 Å². The molecule has 3 aromatic carbocycles. The van der Waals surface area contributed by atoms with Gasteiger partial charge in [-0.1, -0.05) is 41.9 Å². The Kier molecular flexibility index (Phi) is 8.51. The lowest BCUT2D eigenvalue weighted by molar-refractivity contribution is -0.227. The van der Waals surface area contributed by atoms with Gasteiger partial charge in [-0.2, -0.15) is 18.3 Å². The van der Waals surface area contributed by atoms with Gasteiger partial charge in [0, 0.05) is 33.8 Å². The molecule has 2 N–H and O–H groups in total. The summed E-state index contributed by atoms with van der Waals surface area (Å²) in [4.78, 5) is 26.1. The van der Waals surface area contributed by atoms with Crippen LogP contribution in [0.2, 0.25) is 5.02 Å². The summed E-state index contributed by atoms with van der Waals surface area (Å²) < 4.78 is 44.9. The lowest BCUT2D eigenvalue weighted by Gasteiger charge is -2.38. The van der Waals surface area contributed by atoms with Crippen molar-refractivity contribution < 1.29 is 22.8 Å². The molecule has 0 fully saturated rings. The van der Waals surface area contributed by atoms with Gasteiger partial charge < -0.3 is 10.6 Å². The number of hydrogen-bond acceptors (Lipinski definition) is 4. The van der Waals surface area contributed by atoms with E-state index in [-0.39, 0.29) is 34.4 Å². The fourth-order valence-corrected chi connectivity index (χ4v) is 5.60. The maximum absolute atomic E-state index is 14.8. The summed E-state index contributed by atoms with van der Waals surface area (Å²) in [6, 6.07) is 15.5. The second-order valence-electron chi connectivity index (χ2n) is 9.89. The Morgan fingerprint density at radius 3 is 2.35 bits per heavy atom. The van der Waals surface area contributed by atoms with Crippen LogP contribution in [0.3, 0.4) is 0 Å². The summed E-state index contributed by atoms with van der Waals surface area (Å²) in [6.07, 6.45) is -5.05. The number of anilines is 1. The number of hydrazone groups is 1. The van der Waals surface area contributed by atoms with E-state index in [4.69, 9.17) is 11.6 Å². The molecule has 6 nitrogen and oxygen atoms in total. The minimum Gasteiger partial charge on any atom is -0.350 e. The minimum atomic E-state index is -4.66. The van der Waals surface area contributed by atoms with Crippen LogP contribution in [0.25, 0.3) is 0 Å². The van der Waals surface area contributed by atoms with Gasteiger partial charge in [0.25, 0.3) is 11.8 Å². The average molecular weight is 683 g/mol. The van der Waals surface area contributed by atoms with Crippen LogP contribution in [-0.2, 0) is 5.54 Å². The number of amides is 2. The molecular weight excluding hydrogens is 656 g/mol. The van der Waals surface area contributed by atoms with Crippen molar-refractivity contribution >= 4 is 57.4 Å². The maximum atomic E-state index is 14.8. The third-order valence-corrected chi connectivity index (χ3v) is 7.90. The number of aryl methyl sites for hydroxylation is 1. The van der Waals surface area contributed by atoms with Crippen LogP contribution < -0.4 is 10.6 Å². The molecule has 1 heterocycles. The first-order valence-corrected chi connectivity index (χ1v) is 13.9. The lowest BCUT2D eigenvalue weighted by Crippen LogP contribution is -2.50. The first kappa shape index (κ1) is 29.9. The average Bonchev–Trinajstić information content (AvgIpc) is 3.23. The van der Waals surface area contributed by atoms with E-state index in [0.29, 0.717) is 25.4 Å². The number of benzene rings is 3. The Bertz CT molecular complexity index is 1490. The summed E-state index contributed by atoms with van der Waals surface area (Å²) in [5.41, 5.74) is -0.392. The van der Waals surface area contributed by atoms with Gasteiger partial charge in [0.15, 0.2) is 5.54 Å². The number of nitrogens with one attached hydrogen (secondary N) is 2. The molecule has 0 radical (unpaired) electrons. The van der Waals surface area contributed by atoms with Gasteiger partial charge in [0.2, 0.25) is 0 Å². The van der Waals surface area contributed by atoms with Crippen LogP contribution >= 0.6 is 34.2 Å². The van der Waals surface area contributed by atoms with E-state index in [2.05, 4.69) is 15.7 Å². The van der Waals surface area contributed by atoms with Gasteiger partial charge in [0.05, 0.1) is 16.8 Å². The highest BCUT2D eigenvalue weighted by Crippen LogP contribution is 2.50. The molecule has 0 saturated carbocycles. The second kappa shape index (κ2) is 11.4. The Hall–Kier alpha value is -3.12. The highest BCUT2D eigenvalue weighted by atomic mass is 127. The predicted octanol–water partition coefficient (Wildman–Crippen LogP) is 7.14. The van der Waals surface area contributed by atoms with Gasteiger partial charge >= 0.3 is 6.18 Å². The van der Waals surface area contributed by atoms with Crippen LogP contribution in [0.1, 0.15) is 57.7 Å². The number of alkyl halides is 3. The molecule has 4 rings (SSSR count).